The molecule has 3 unspecified atom stereocenters. The number of fused-ring (bicyclic) bond motifs is 1. The van der Waals surface area contributed by atoms with E-state index < -0.39 is 5.54 Å². The highest BCUT2D eigenvalue weighted by molar-refractivity contribution is 6.07. The molecular formula is C24H27NO4. The third kappa shape index (κ3) is 3.80. The zero-order valence-electron chi connectivity index (χ0n) is 17.1. The lowest BCUT2D eigenvalue weighted by Crippen LogP contribution is -2.52. The second-order valence-electron chi connectivity index (χ2n) is 8.25. The number of hydrogen-bond donors (Lipinski definition) is 2. The summed E-state index contributed by atoms with van der Waals surface area (Å²) in [6, 6.07) is 16.7. The summed E-state index contributed by atoms with van der Waals surface area (Å²) in [5.41, 5.74) is 2.95. The maximum absolute atomic E-state index is 13.0. The van der Waals surface area contributed by atoms with Crippen molar-refractivity contribution in [2.75, 3.05) is 20.3 Å². The van der Waals surface area contributed by atoms with Crippen molar-refractivity contribution in [3.05, 3.63) is 71.0 Å². The second-order valence-corrected chi connectivity index (χ2v) is 8.25. The Balaban J connectivity index is 1.63. The lowest BCUT2D eigenvalue weighted by Gasteiger charge is -2.27. The molecule has 0 bridgehead atoms. The predicted octanol–water partition coefficient (Wildman–Crippen LogP) is 4.14. The number of rotatable bonds is 7. The maximum Gasteiger partial charge on any atom is 0.256 e. The number of aryl methyl sites for hydroxylation is 1. The average Bonchev–Trinajstić information content (AvgIpc) is 3.44. The first-order valence-electron chi connectivity index (χ1n) is 9.96. The monoisotopic (exact) mass is 393 g/mol. The largest absolute Gasteiger partial charge is 0.461 e. The van der Waals surface area contributed by atoms with Crippen LogP contribution in [-0.2, 0) is 4.74 Å². The number of amides is 1. The van der Waals surface area contributed by atoms with Gasteiger partial charge >= 0.3 is 0 Å². The van der Waals surface area contributed by atoms with E-state index in [2.05, 4.69) is 41.7 Å². The first-order valence-corrected chi connectivity index (χ1v) is 9.96. The summed E-state index contributed by atoms with van der Waals surface area (Å²) in [6.07, 6.45) is 1.12. The summed E-state index contributed by atoms with van der Waals surface area (Å²) < 4.78 is 11.0. The normalized spacial score (nSPS) is 20.4. The lowest BCUT2D eigenvalue weighted by molar-refractivity contribution is 0.0597. The molecule has 3 aromatic rings. The van der Waals surface area contributed by atoms with Gasteiger partial charge in [0, 0.05) is 12.5 Å². The fourth-order valence-electron chi connectivity index (χ4n) is 4.16. The van der Waals surface area contributed by atoms with E-state index in [0.717, 1.165) is 11.8 Å². The number of carbonyl (C=O) groups is 1. The van der Waals surface area contributed by atoms with Gasteiger partial charge in [-0.15, -0.1) is 0 Å². The van der Waals surface area contributed by atoms with Crippen molar-refractivity contribution in [2.24, 2.45) is 0 Å². The molecule has 0 radical (unpaired) electrons. The first kappa shape index (κ1) is 19.7. The van der Waals surface area contributed by atoms with Crippen LogP contribution in [0.2, 0.25) is 0 Å². The Morgan fingerprint density at radius 1 is 1.21 bits per heavy atom. The van der Waals surface area contributed by atoms with Crippen LogP contribution in [0.25, 0.3) is 11.0 Å². The topological polar surface area (TPSA) is 71.7 Å². The van der Waals surface area contributed by atoms with Gasteiger partial charge in [-0.3, -0.25) is 4.79 Å². The second kappa shape index (κ2) is 7.65. The van der Waals surface area contributed by atoms with Crippen LogP contribution in [0.4, 0.5) is 0 Å². The van der Waals surface area contributed by atoms with E-state index in [-0.39, 0.29) is 19.1 Å². The van der Waals surface area contributed by atoms with Crippen LogP contribution in [-0.4, -0.2) is 36.9 Å². The summed E-state index contributed by atoms with van der Waals surface area (Å²) in [4.78, 5) is 13.0. The molecule has 1 saturated carbocycles. The number of furan rings is 1. The average molecular weight is 393 g/mol. The Bertz CT molecular complexity index is 1030. The molecule has 1 aliphatic rings. The molecule has 152 valence electrons. The van der Waals surface area contributed by atoms with Crippen molar-refractivity contribution < 1.29 is 19.1 Å². The van der Waals surface area contributed by atoms with Gasteiger partial charge in [0.05, 0.1) is 24.3 Å². The van der Waals surface area contributed by atoms with E-state index in [1.54, 1.807) is 21.0 Å². The molecule has 0 aliphatic heterocycles. The van der Waals surface area contributed by atoms with Crippen LogP contribution in [0.15, 0.2) is 52.9 Å². The van der Waals surface area contributed by atoms with Crippen molar-refractivity contribution >= 4 is 16.9 Å². The zero-order chi connectivity index (χ0) is 20.6. The molecule has 4 rings (SSSR count). The van der Waals surface area contributed by atoms with Crippen LogP contribution in [0, 0.1) is 6.92 Å². The van der Waals surface area contributed by atoms with E-state index in [9.17, 15) is 9.90 Å². The van der Waals surface area contributed by atoms with Crippen LogP contribution in [0.1, 0.15) is 52.4 Å². The maximum atomic E-state index is 13.0. The van der Waals surface area contributed by atoms with Crippen molar-refractivity contribution in [1.29, 1.82) is 0 Å². The van der Waals surface area contributed by atoms with Crippen LogP contribution >= 0.6 is 0 Å². The quantitative estimate of drug-likeness (QED) is 0.633. The smallest absolute Gasteiger partial charge is 0.256 e. The highest BCUT2D eigenvalue weighted by Crippen LogP contribution is 2.55. The Morgan fingerprint density at radius 3 is 2.62 bits per heavy atom. The predicted molar refractivity (Wildman–Crippen MR) is 112 cm³/mol. The first-order chi connectivity index (χ1) is 14.0. The molecule has 1 fully saturated rings. The van der Waals surface area contributed by atoms with Gasteiger partial charge in [0.1, 0.15) is 11.3 Å². The Labute approximate surface area is 170 Å². The minimum absolute atomic E-state index is 0.215. The van der Waals surface area contributed by atoms with E-state index in [1.165, 1.54) is 11.1 Å². The third-order valence-electron chi connectivity index (χ3n) is 5.79. The highest BCUT2D eigenvalue weighted by Gasteiger charge is 2.39. The lowest BCUT2D eigenvalue weighted by atomic mass is 10.00. The van der Waals surface area contributed by atoms with Gasteiger partial charge in [0.25, 0.3) is 5.91 Å². The molecule has 0 spiro atoms. The summed E-state index contributed by atoms with van der Waals surface area (Å²) >= 11 is 0. The summed E-state index contributed by atoms with van der Waals surface area (Å²) in [7, 11) is 1.55. The fraction of sp³-hybridized carbons (Fsp3) is 0.375. The standard InChI is InChI=1S/C24H27NO4/c1-15-22(23(27)25-24(2,13-26)14-28-3)20-11-17(9-10-21(20)29-15)19-12-18(19)16-7-5-4-6-8-16/h4-11,18-19,26H,12-14H2,1-3H3,(H,25,27). The molecule has 3 atom stereocenters. The molecule has 1 aromatic heterocycles. The molecule has 5 nitrogen and oxygen atoms in total. The number of ether oxygens (including phenoxy) is 1. The van der Waals surface area contributed by atoms with E-state index in [0.29, 0.717) is 28.7 Å². The number of methoxy groups -OCH3 is 1. The van der Waals surface area contributed by atoms with E-state index >= 15 is 0 Å². The van der Waals surface area contributed by atoms with Crippen LogP contribution in [0.3, 0.4) is 0 Å². The number of aliphatic hydroxyl groups is 1. The van der Waals surface area contributed by atoms with E-state index in [4.69, 9.17) is 9.15 Å². The Kier molecular flexibility index (Phi) is 5.19. The Hall–Kier alpha value is -2.63. The molecule has 2 aromatic carbocycles. The molecule has 29 heavy (non-hydrogen) atoms. The van der Waals surface area contributed by atoms with E-state index in [1.807, 2.05) is 12.1 Å². The van der Waals surface area contributed by atoms with Crippen molar-refractivity contribution in [1.82, 2.24) is 5.32 Å². The summed E-state index contributed by atoms with van der Waals surface area (Å²) in [5.74, 6) is 1.30. The van der Waals surface area contributed by atoms with Crippen LogP contribution < -0.4 is 5.32 Å². The number of carbonyl (C=O) groups excluding carboxylic acids is 1. The van der Waals surface area contributed by atoms with Crippen molar-refractivity contribution in [2.45, 2.75) is 37.6 Å². The number of nitrogens with one attached hydrogen (secondary N) is 1. The number of hydrogen-bond acceptors (Lipinski definition) is 4. The van der Waals surface area contributed by atoms with Gasteiger partial charge in [0.15, 0.2) is 0 Å². The van der Waals surface area contributed by atoms with Gasteiger partial charge in [0.2, 0.25) is 0 Å². The molecule has 5 heteroatoms. The number of aliphatic hydroxyl groups excluding tert-OH is 1. The highest BCUT2D eigenvalue weighted by atomic mass is 16.5. The molecule has 1 heterocycles. The Morgan fingerprint density at radius 2 is 1.93 bits per heavy atom. The van der Waals surface area contributed by atoms with Crippen molar-refractivity contribution in [3.63, 3.8) is 0 Å². The van der Waals surface area contributed by atoms with Gasteiger partial charge < -0.3 is 19.6 Å². The SMILES string of the molecule is COCC(C)(CO)NC(=O)c1c(C)oc2ccc(C3CC3c3ccccc3)cc12. The minimum atomic E-state index is -0.853. The summed E-state index contributed by atoms with van der Waals surface area (Å²) in [6.45, 7) is 3.56. The molecule has 1 aliphatic carbocycles. The molecule has 0 saturated heterocycles. The molecule has 1 amide bonds. The van der Waals surface area contributed by atoms with Crippen LogP contribution in [0.5, 0.6) is 0 Å². The zero-order valence-corrected chi connectivity index (χ0v) is 17.1. The fourth-order valence-corrected chi connectivity index (χ4v) is 4.16. The van der Waals surface area contributed by atoms with Crippen molar-refractivity contribution in [3.8, 4) is 0 Å². The number of benzene rings is 2. The van der Waals surface area contributed by atoms with Gasteiger partial charge in [-0.1, -0.05) is 36.4 Å². The van der Waals surface area contributed by atoms with Gasteiger partial charge in [-0.25, -0.2) is 0 Å². The molecular weight excluding hydrogens is 366 g/mol. The van der Waals surface area contributed by atoms with Gasteiger partial charge in [-0.2, -0.15) is 0 Å². The molecule has 2 N–H and O–H groups in total. The summed E-state index contributed by atoms with van der Waals surface area (Å²) in [5, 5.41) is 13.4. The minimum Gasteiger partial charge on any atom is -0.461 e. The third-order valence-corrected chi connectivity index (χ3v) is 5.79. The van der Waals surface area contributed by atoms with Gasteiger partial charge in [-0.05, 0) is 55.4 Å².